The van der Waals surface area contributed by atoms with E-state index in [9.17, 15) is 14.9 Å². The average Bonchev–Trinajstić information content (AvgIpc) is 2.81. The summed E-state index contributed by atoms with van der Waals surface area (Å²) in [4.78, 5) is 23.5. The molecule has 0 saturated heterocycles. The van der Waals surface area contributed by atoms with E-state index in [1.807, 2.05) is 36.4 Å². The quantitative estimate of drug-likeness (QED) is 0.381. The SMILES string of the molecule is N#CC(=Cc1cc(Cl)ccc1OCc1ccc(C(=O)O)cc1)C(=O)NCc1ccccc1. The topological polar surface area (TPSA) is 99.4 Å². The van der Waals surface area contributed by atoms with Crippen LogP contribution in [0.15, 0.2) is 78.4 Å². The Labute approximate surface area is 190 Å². The van der Waals surface area contributed by atoms with E-state index in [-0.39, 0.29) is 17.7 Å². The van der Waals surface area contributed by atoms with E-state index < -0.39 is 11.9 Å². The predicted molar refractivity (Wildman–Crippen MR) is 121 cm³/mol. The van der Waals surface area contributed by atoms with Crippen molar-refractivity contribution < 1.29 is 19.4 Å². The van der Waals surface area contributed by atoms with Gasteiger partial charge in [0.2, 0.25) is 0 Å². The van der Waals surface area contributed by atoms with E-state index in [1.165, 1.54) is 18.2 Å². The van der Waals surface area contributed by atoms with E-state index in [2.05, 4.69) is 5.32 Å². The molecular weight excluding hydrogens is 428 g/mol. The van der Waals surface area contributed by atoms with Gasteiger partial charge in [-0.2, -0.15) is 5.26 Å². The third-order valence-electron chi connectivity index (χ3n) is 4.53. The minimum atomic E-state index is -1.00. The number of amides is 1. The molecule has 0 unspecified atom stereocenters. The average molecular weight is 447 g/mol. The number of carboxylic acids is 1. The van der Waals surface area contributed by atoms with Gasteiger partial charge in [0.25, 0.3) is 5.91 Å². The lowest BCUT2D eigenvalue weighted by Gasteiger charge is -2.11. The van der Waals surface area contributed by atoms with E-state index in [0.29, 0.717) is 22.9 Å². The van der Waals surface area contributed by atoms with Gasteiger partial charge < -0.3 is 15.2 Å². The van der Waals surface area contributed by atoms with Crippen LogP contribution in [0.25, 0.3) is 6.08 Å². The summed E-state index contributed by atoms with van der Waals surface area (Å²) in [6.07, 6.45) is 1.43. The molecule has 1 amide bonds. The Morgan fingerprint density at radius 3 is 2.41 bits per heavy atom. The van der Waals surface area contributed by atoms with Gasteiger partial charge in [0, 0.05) is 17.1 Å². The number of carbonyl (C=O) groups is 2. The molecule has 3 aromatic rings. The summed E-state index contributed by atoms with van der Waals surface area (Å²) in [5.41, 5.74) is 2.26. The highest BCUT2D eigenvalue weighted by Crippen LogP contribution is 2.26. The second kappa shape index (κ2) is 10.8. The van der Waals surface area contributed by atoms with Gasteiger partial charge in [-0.3, -0.25) is 4.79 Å². The molecule has 0 aliphatic rings. The van der Waals surface area contributed by atoms with Crippen LogP contribution in [-0.2, 0) is 17.9 Å². The fourth-order valence-corrected chi connectivity index (χ4v) is 3.03. The van der Waals surface area contributed by atoms with Gasteiger partial charge in [0.1, 0.15) is 24.0 Å². The lowest BCUT2D eigenvalue weighted by molar-refractivity contribution is -0.117. The summed E-state index contributed by atoms with van der Waals surface area (Å²) >= 11 is 6.10. The molecule has 2 N–H and O–H groups in total. The van der Waals surface area contributed by atoms with Gasteiger partial charge in [-0.1, -0.05) is 54.1 Å². The van der Waals surface area contributed by atoms with Crippen molar-refractivity contribution in [3.8, 4) is 11.8 Å². The number of nitrogens with zero attached hydrogens (tertiary/aromatic N) is 1. The maximum absolute atomic E-state index is 12.5. The number of nitriles is 1. The van der Waals surface area contributed by atoms with E-state index in [1.54, 1.807) is 30.3 Å². The van der Waals surface area contributed by atoms with E-state index >= 15 is 0 Å². The van der Waals surface area contributed by atoms with Crippen LogP contribution in [0, 0.1) is 11.3 Å². The Morgan fingerprint density at radius 1 is 1.03 bits per heavy atom. The third kappa shape index (κ3) is 6.21. The third-order valence-corrected chi connectivity index (χ3v) is 4.76. The van der Waals surface area contributed by atoms with Crippen LogP contribution < -0.4 is 10.1 Å². The number of hydrogen-bond acceptors (Lipinski definition) is 4. The Morgan fingerprint density at radius 2 is 1.75 bits per heavy atom. The Bertz CT molecular complexity index is 1180. The molecule has 6 nitrogen and oxygen atoms in total. The van der Waals surface area contributed by atoms with Crippen molar-refractivity contribution >= 4 is 29.6 Å². The first-order valence-corrected chi connectivity index (χ1v) is 10.0. The van der Waals surface area contributed by atoms with Crippen molar-refractivity contribution in [3.05, 3.63) is 106 Å². The number of aromatic carboxylic acids is 1. The maximum Gasteiger partial charge on any atom is 0.335 e. The van der Waals surface area contributed by atoms with Crippen molar-refractivity contribution in [1.82, 2.24) is 5.32 Å². The van der Waals surface area contributed by atoms with E-state index in [4.69, 9.17) is 21.4 Å². The molecule has 0 fully saturated rings. The summed E-state index contributed by atoms with van der Waals surface area (Å²) < 4.78 is 5.84. The minimum Gasteiger partial charge on any atom is -0.488 e. The van der Waals surface area contributed by atoms with Crippen LogP contribution in [0.1, 0.15) is 27.0 Å². The van der Waals surface area contributed by atoms with Gasteiger partial charge >= 0.3 is 5.97 Å². The van der Waals surface area contributed by atoms with E-state index in [0.717, 1.165) is 11.1 Å². The standard InChI is InChI=1S/C25H19ClN2O4/c26-22-10-11-23(32-16-18-6-8-19(9-7-18)25(30)31)20(13-22)12-21(14-27)24(29)28-15-17-4-2-1-3-5-17/h1-13H,15-16H2,(H,28,29)(H,30,31). The fourth-order valence-electron chi connectivity index (χ4n) is 2.85. The molecule has 3 aromatic carbocycles. The number of nitrogens with one attached hydrogen (secondary N) is 1. The number of benzene rings is 3. The first-order valence-electron chi connectivity index (χ1n) is 9.65. The molecule has 0 atom stereocenters. The number of rotatable bonds is 8. The van der Waals surface area contributed by atoms with Crippen molar-refractivity contribution in [1.29, 1.82) is 5.26 Å². The number of halogens is 1. The van der Waals surface area contributed by atoms with Crippen molar-refractivity contribution in [3.63, 3.8) is 0 Å². The number of carboxylic acid groups (broad SMARTS) is 1. The summed E-state index contributed by atoms with van der Waals surface area (Å²) in [6, 6.07) is 22.5. The van der Waals surface area contributed by atoms with Crippen LogP contribution in [0.2, 0.25) is 5.02 Å². The van der Waals surface area contributed by atoms with Gasteiger partial charge in [0.05, 0.1) is 5.56 Å². The van der Waals surface area contributed by atoms with Gasteiger partial charge in [-0.25, -0.2) is 4.79 Å². The molecule has 32 heavy (non-hydrogen) atoms. The maximum atomic E-state index is 12.5. The second-order valence-corrected chi connectivity index (χ2v) is 7.25. The molecule has 0 radical (unpaired) electrons. The highest BCUT2D eigenvalue weighted by molar-refractivity contribution is 6.30. The smallest absolute Gasteiger partial charge is 0.335 e. The molecule has 0 bridgehead atoms. The number of hydrogen-bond donors (Lipinski definition) is 2. The number of ether oxygens (including phenoxy) is 1. The first-order chi connectivity index (χ1) is 15.5. The number of carbonyl (C=O) groups excluding carboxylic acids is 1. The molecular formula is C25H19ClN2O4. The fraction of sp³-hybridized carbons (Fsp3) is 0.0800. The van der Waals surface area contributed by atoms with Gasteiger partial charge in [-0.15, -0.1) is 0 Å². The lowest BCUT2D eigenvalue weighted by atomic mass is 10.1. The Kier molecular flexibility index (Phi) is 7.63. The summed E-state index contributed by atoms with van der Waals surface area (Å²) in [6.45, 7) is 0.467. The molecule has 0 aliphatic heterocycles. The molecule has 0 spiro atoms. The molecule has 0 aromatic heterocycles. The van der Waals surface area contributed by atoms with Crippen LogP contribution in [0.3, 0.4) is 0 Å². The zero-order chi connectivity index (χ0) is 22.9. The molecule has 0 heterocycles. The van der Waals surface area contributed by atoms with Crippen LogP contribution >= 0.6 is 11.6 Å². The van der Waals surface area contributed by atoms with Gasteiger partial charge in [0.15, 0.2) is 0 Å². The summed E-state index contributed by atoms with van der Waals surface area (Å²) in [5, 5.41) is 21.6. The lowest BCUT2D eigenvalue weighted by Crippen LogP contribution is -2.23. The summed E-state index contributed by atoms with van der Waals surface area (Å²) in [7, 11) is 0. The normalized spacial score (nSPS) is 10.8. The summed E-state index contributed by atoms with van der Waals surface area (Å²) in [5.74, 6) is -1.08. The van der Waals surface area contributed by atoms with Crippen LogP contribution in [-0.4, -0.2) is 17.0 Å². The Hall–Kier alpha value is -4.08. The second-order valence-electron chi connectivity index (χ2n) is 6.81. The molecule has 7 heteroatoms. The van der Waals surface area contributed by atoms with Crippen molar-refractivity contribution in [2.45, 2.75) is 13.2 Å². The monoisotopic (exact) mass is 446 g/mol. The molecule has 160 valence electrons. The largest absolute Gasteiger partial charge is 0.488 e. The first kappa shape index (κ1) is 22.6. The Balaban J connectivity index is 1.74. The molecule has 0 saturated carbocycles. The molecule has 0 aliphatic carbocycles. The highest BCUT2D eigenvalue weighted by atomic mass is 35.5. The zero-order valence-corrected chi connectivity index (χ0v) is 17.7. The van der Waals surface area contributed by atoms with Crippen molar-refractivity contribution in [2.75, 3.05) is 0 Å². The van der Waals surface area contributed by atoms with Gasteiger partial charge in [-0.05, 0) is 47.5 Å². The molecule has 3 rings (SSSR count). The van der Waals surface area contributed by atoms with Crippen molar-refractivity contribution in [2.24, 2.45) is 0 Å². The highest BCUT2D eigenvalue weighted by Gasteiger charge is 2.12. The zero-order valence-electron chi connectivity index (χ0n) is 16.9. The predicted octanol–water partition coefficient (Wildman–Crippen LogP) is 4.84. The van der Waals surface area contributed by atoms with Crippen LogP contribution in [0.5, 0.6) is 5.75 Å². The minimum absolute atomic E-state index is 0.0844. The van der Waals surface area contributed by atoms with Crippen LogP contribution in [0.4, 0.5) is 0 Å².